The Bertz CT molecular complexity index is 406. The number of aliphatic carboxylic acids is 1. The lowest BCUT2D eigenvalue weighted by molar-refractivity contribution is -0.154. The Labute approximate surface area is 127 Å². The number of carboxylic acids is 1. The first kappa shape index (κ1) is 16.9. The average molecular weight is 320 g/mol. The lowest BCUT2D eigenvalue weighted by atomic mass is 9.80. The lowest BCUT2D eigenvalue weighted by Gasteiger charge is -2.35. The Morgan fingerprint density at radius 2 is 1.86 bits per heavy atom. The number of nitrogens with one attached hydrogen (secondary N) is 1. The normalized spacial score (nSPS) is 22.6. The summed E-state index contributed by atoms with van der Waals surface area (Å²) in [5.41, 5.74) is -0.991. The van der Waals surface area contributed by atoms with Crippen LogP contribution in [0.3, 0.4) is 0 Å². The summed E-state index contributed by atoms with van der Waals surface area (Å²) in [6.45, 7) is 1.33. The van der Waals surface area contributed by atoms with E-state index in [0.29, 0.717) is 26.1 Å². The molecule has 8 heteroatoms. The van der Waals surface area contributed by atoms with Crippen LogP contribution in [0.2, 0.25) is 0 Å². The molecule has 0 saturated carbocycles. The molecule has 0 unspecified atom stereocenters. The van der Waals surface area contributed by atoms with Crippen LogP contribution < -0.4 is 5.32 Å². The standard InChI is InChI=1S/C14H22F2N2O4/c15-11(16)10-1-5-18(6-2-10)13(21)17-9-14(12(19)20)3-7-22-8-4-14/h10-11H,1-9H2,(H,17,21)(H,19,20). The van der Waals surface area contributed by atoms with E-state index in [2.05, 4.69) is 5.32 Å². The fourth-order valence-corrected chi connectivity index (χ4v) is 2.94. The molecule has 22 heavy (non-hydrogen) atoms. The number of nitrogens with zero attached hydrogens (tertiary/aromatic N) is 1. The summed E-state index contributed by atoms with van der Waals surface area (Å²) >= 11 is 0. The van der Waals surface area contributed by atoms with Crippen molar-refractivity contribution in [2.75, 3.05) is 32.8 Å². The topological polar surface area (TPSA) is 78.9 Å². The van der Waals surface area contributed by atoms with Gasteiger partial charge in [-0.3, -0.25) is 4.79 Å². The van der Waals surface area contributed by atoms with E-state index in [1.807, 2.05) is 0 Å². The van der Waals surface area contributed by atoms with Crippen LogP contribution in [0, 0.1) is 11.3 Å². The maximum atomic E-state index is 12.6. The van der Waals surface area contributed by atoms with Gasteiger partial charge in [-0.2, -0.15) is 0 Å². The third kappa shape index (κ3) is 3.85. The van der Waals surface area contributed by atoms with Crippen LogP contribution in [0.15, 0.2) is 0 Å². The van der Waals surface area contributed by atoms with Crippen LogP contribution in [0.1, 0.15) is 25.7 Å². The van der Waals surface area contributed by atoms with Crippen LogP contribution in [0.4, 0.5) is 13.6 Å². The molecule has 0 aliphatic carbocycles. The monoisotopic (exact) mass is 320 g/mol. The van der Waals surface area contributed by atoms with Gasteiger partial charge in [-0.1, -0.05) is 0 Å². The van der Waals surface area contributed by atoms with E-state index in [9.17, 15) is 23.5 Å². The molecule has 126 valence electrons. The molecule has 0 aromatic carbocycles. The molecule has 0 aromatic heterocycles. The van der Waals surface area contributed by atoms with Gasteiger partial charge in [0.15, 0.2) is 0 Å². The van der Waals surface area contributed by atoms with Gasteiger partial charge in [0.25, 0.3) is 0 Å². The number of carboxylic acid groups (broad SMARTS) is 1. The molecule has 0 spiro atoms. The highest BCUT2D eigenvalue weighted by molar-refractivity contribution is 5.78. The Hall–Kier alpha value is -1.44. The average Bonchev–Trinajstić information content (AvgIpc) is 2.53. The number of hydrogen-bond donors (Lipinski definition) is 2. The van der Waals surface area contributed by atoms with E-state index in [1.165, 1.54) is 4.90 Å². The quantitative estimate of drug-likeness (QED) is 0.824. The third-order valence-electron chi connectivity index (χ3n) is 4.66. The molecular formula is C14H22F2N2O4. The number of amides is 2. The Morgan fingerprint density at radius 3 is 2.36 bits per heavy atom. The van der Waals surface area contributed by atoms with E-state index in [0.717, 1.165) is 0 Å². The number of urea groups is 1. The van der Waals surface area contributed by atoms with Crippen molar-refractivity contribution in [3.63, 3.8) is 0 Å². The molecule has 2 N–H and O–H groups in total. The number of ether oxygens (including phenoxy) is 1. The highest BCUT2D eigenvalue weighted by Crippen LogP contribution is 2.30. The largest absolute Gasteiger partial charge is 0.481 e. The molecule has 0 bridgehead atoms. The zero-order valence-electron chi connectivity index (χ0n) is 12.4. The van der Waals surface area contributed by atoms with Crippen molar-refractivity contribution in [1.82, 2.24) is 10.2 Å². The summed E-state index contributed by atoms with van der Waals surface area (Å²) in [6.07, 6.45) is -1.07. The van der Waals surface area contributed by atoms with Gasteiger partial charge < -0.3 is 20.1 Å². The molecule has 2 fully saturated rings. The molecule has 6 nitrogen and oxygen atoms in total. The first-order valence-electron chi connectivity index (χ1n) is 7.57. The predicted molar refractivity (Wildman–Crippen MR) is 73.8 cm³/mol. The summed E-state index contributed by atoms with van der Waals surface area (Å²) in [6, 6.07) is -0.375. The van der Waals surface area contributed by atoms with Crippen LogP contribution in [-0.4, -0.2) is 61.3 Å². The van der Waals surface area contributed by atoms with Crippen LogP contribution in [0.25, 0.3) is 0 Å². The number of rotatable bonds is 4. The number of carbonyl (C=O) groups is 2. The number of carbonyl (C=O) groups excluding carboxylic acids is 1. The van der Waals surface area contributed by atoms with Crippen molar-refractivity contribution < 1.29 is 28.2 Å². The minimum atomic E-state index is -2.34. The zero-order valence-corrected chi connectivity index (χ0v) is 12.4. The predicted octanol–water partition coefficient (Wildman–Crippen LogP) is 1.55. The summed E-state index contributed by atoms with van der Waals surface area (Å²) < 4.78 is 30.3. The first-order valence-corrected chi connectivity index (χ1v) is 7.57. The van der Waals surface area contributed by atoms with Gasteiger partial charge in [0.2, 0.25) is 6.43 Å². The minimum absolute atomic E-state index is 0.0410. The molecule has 2 aliphatic heterocycles. The van der Waals surface area contributed by atoms with E-state index >= 15 is 0 Å². The number of halogens is 2. The second-order valence-corrected chi connectivity index (χ2v) is 6.02. The molecule has 0 atom stereocenters. The van der Waals surface area contributed by atoms with Gasteiger partial charge in [0.05, 0.1) is 5.41 Å². The number of likely N-dealkylation sites (tertiary alicyclic amines) is 1. The smallest absolute Gasteiger partial charge is 0.317 e. The van der Waals surface area contributed by atoms with E-state index < -0.39 is 23.7 Å². The molecule has 2 amide bonds. The number of hydrogen-bond acceptors (Lipinski definition) is 3. The Kier molecular flexibility index (Phi) is 5.55. The number of alkyl halides is 2. The summed E-state index contributed by atoms with van der Waals surface area (Å²) in [5, 5.41) is 12.1. The Morgan fingerprint density at radius 1 is 1.27 bits per heavy atom. The zero-order chi connectivity index (χ0) is 16.2. The highest BCUT2D eigenvalue weighted by Gasteiger charge is 2.41. The molecule has 0 radical (unpaired) electrons. The van der Waals surface area contributed by atoms with Crippen LogP contribution >= 0.6 is 0 Å². The van der Waals surface area contributed by atoms with Gasteiger partial charge in [-0.05, 0) is 25.7 Å². The van der Waals surface area contributed by atoms with Crippen molar-refractivity contribution >= 4 is 12.0 Å². The minimum Gasteiger partial charge on any atom is -0.481 e. The third-order valence-corrected chi connectivity index (χ3v) is 4.66. The van der Waals surface area contributed by atoms with E-state index in [4.69, 9.17) is 4.74 Å². The molecule has 2 aliphatic rings. The second kappa shape index (κ2) is 7.21. The summed E-state index contributed by atoms with van der Waals surface area (Å²) in [4.78, 5) is 25.0. The van der Waals surface area contributed by atoms with Crippen molar-refractivity contribution in [1.29, 1.82) is 0 Å². The fraction of sp³-hybridized carbons (Fsp3) is 0.857. The molecule has 2 heterocycles. The van der Waals surface area contributed by atoms with Crippen LogP contribution in [0.5, 0.6) is 0 Å². The summed E-state index contributed by atoms with van der Waals surface area (Å²) in [5.74, 6) is -1.59. The second-order valence-electron chi connectivity index (χ2n) is 6.02. The molecule has 2 rings (SSSR count). The lowest BCUT2D eigenvalue weighted by Crippen LogP contribution is -2.51. The SMILES string of the molecule is O=C(NCC1(C(=O)O)CCOCC1)N1CCC(C(F)F)CC1. The van der Waals surface area contributed by atoms with Gasteiger partial charge >= 0.3 is 12.0 Å². The maximum absolute atomic E-state index is 12.6. The van der Waals surface area contributed by atoms with Gasteiger partial charge in [-0.15, -0.1) is 0 Å². The van der Waals surface area contributed by atoms with Gasteiger partial charge in [-0.25, -0.2) is 13.6 Å². The van der Waals surface area contributed by atoms with Gasteiger partial charge in [0, 0.05) is 38.8 Å². The van der Waals surface area contributed by atoms with Crippen molar-refractivity contribution in [2.24, 2.45) is 11.3 Å². The first-order chi connectivity index (χ1) is 10.4. The van der Waals surface area contributed by atoms with Crippen molar-refractivity contribution in [3.05, 3.63) is 0 Å². The van der Waals surface area contributed by atoms with Crippen molar-refractivity contribution in [2.45, 2.75) is 32.1 Å². The maximum Gasteiger partial charge on any atom is 0.317 e. The molecular weight excluding hydrogens is 298 g/mol. The number of piperidine rings is 1. The molecule has 2 saturated heterocycles. The van der Waals surface area contributed by atoms with Gasteiger partial charge in [0.1, 0.15) is 0 Å². The summed E-state index contributed by atoms with van der Waals surface area (Å²) in [7, 11) is 0. The van der Waals surface area contributed by atoms with E-state index in [-0.39, 0.29) is 38.5 Å². The van der Waals surface area contributed by atoms with Crippen molar-refractivity contribution in [3.8, 4) is 0 Å². The molecule has 0 aromatic rings. The highest BCUT2D eigenvalue weighted by atomic mass is 19.3. The van der Waals surface area contributed by atoms with Crippen LogP contribution in [-0.2, 0) is 9.53 Å². The van der Waals surface area contributed by atoms with E-state index in [1.54, 1.807) is 0 Å². The Balaban J connectivity index is 1.83. The fourth-order valence-electron chi connectivity index (χ4n) is 2.94.